The summed E-state index contributed by atoms with van der Waals surface area (Å²) in [7, 11) is -2.96. The van der Waals surface area contributed by atoms with Crippen molar-refractivity contribution in [2.24, 2.45) is 0 Å². The minimum atomic E-state index is -4.59. The number of carbonyl (C=O) groups is 2. The molecular formula is C25H22F3N5O3. The molecule has 36 heavy (non-hydrogen) atoms. The van der Waals surface area contributed by atoms with Crippen LogP contribution < -0.4 is 15.4 Å². The lowest BCUT2D eigenvalue weighted by Gasteiger charge is -2.17. The van der Waals surface area contributed by atoms with Crippen LogP contribution in [-0.4, -0.2) is 41.0 Å². The second-order valence-corrected chi connectivity index (χ2v) is 7.78. The van der Waals surface area contributed by atoms with E-state index in [2.05, 4.69) is 20.5 Å². The highest BCUT2D eigenvalue weighted by Crippen LogP contribution is 2.31. The summed E-state index contributed by atoms with van der Waals surface area (Å²) in [6.45, 7) is -1.26. The number of halogens is 3. The fourth-order valence-corrected chi connectivity index (χ4v) is 3.63. The molecule has 0 bridgehead atoms. The minimum Gasteiger partial charge on any atom is -0.480 e. The molecule has 11 heteroatoms. The largest absolute Gasteiger partial charge is 0.480 e. The molecular weight excluding hydrogens is 475 g/mol. The summed E-state index contributed by atoms with van der Waals surface area (Å²) in [6.07, 6.45) is -3.34. The van der Waals surface area contributed by atoms with Crippen LogP contribution in [0.4, 0.5) is 13.2 Å². The molecule has 0 saturated carbocycles. The number of benzene rings is 2. The van der Waals surface area contributed by atoms with Crippen LogP contribution in [0.15, 0.2) is 54.7 Å². The predicted octanol–water partition coefficient (Wildman–Crippen LogP) is 4.50. The Morgan fingerprint density at radius 2 is 1.94 bits per heavy atom. The Labute approximate surface area is 212 Å². The Morgan fingerprint density at radius 1 is 1.11 bits per heavy atom. The summed E-state index contributed by atoms with van der Waals surface area (Å²) in [6, 6.07) is 9.36. The van der Waals surface area contributed by atoms with Gasteiger partial charge in [0.1, 0.15) is 5.56 Å². The van der Waals surface area contributed by atoms with Crippen LogP contribution in [-0.2, 0) is 6.18 Å². The fourth-order valence-electron chi connectivity index (χ4n) is 3.63. The molecule has 2 heterocycles. The van der Waals surface area contributed by atoms with Crippen molar-refractivity contribution in [1.82, 2.24) is 25.8 Å². The molecule has 0 radical (unpaired) electrons. The van der Waals surface area contributed by atoms with E-state index >= 15 is 0 Å². The van der Waals surface area contributed by atoms with Gasteiger partial charge in [-0.05, 0) is 48.4 Å². The van der Waals surface area contributed by atoms with Crippen molar-refractivity contribution in [3.8, 4) is 17.0 Å². The number of rotatable bonds is 6. The number of hydrogen-bond acceptors (Lipinski definition) is 5. The topological polar surface area (TPSA) is 109 Å². The van der Waals surface area contributed by atoms with Gasteiger partial charge in [0.15, 0.2) is 5.69 Å². The zero-order valence-electron chi connectivity index (χ0n) is 24.5. The first-order chi connectivity index (χ1) is 19.4. The second kappa shape index (κ2) is 9.68. The van der Waals surface area contributed by atoms with Gasteiger partial charge < -0.3 is 15.4 Å². The average Bonchev–Trinajstić information content (AvgIpc) is 3.30. The number of aromatic nitrogens is 3. The highest BCUT2D eigenvalue weighted by atomic mass is 19.4. The van der Waals surface area contributed by atoms with Crippen LogP contribution in [0.3, 0.4) is 0 Å². The van der Waals surface area contributed by atoms with Gasteiger partial charge >= 0.3 is 6.18 Å². The lowest BCUT2D eigenvalue weighted by molar-refractivity contribution is -0.137. The van der Waals surface area contributed by atoms with Gasteiger partial charge in [-0.2, -0.15) is 18.3 Å². The standard InChI is InChI=1S/C25H22F3N5O3/c1-13(14-5-4-6-17(9-14)25(26,27)28)31-22(34)19-10-16(12-30-24(19)36-3)15-7-8-18-20(11-15)32-33-21(18)23(35)29-2/h4-13H,1-3H3,(H,29,35)(H,31,34)(H,32,33)/t13-/m0/s1/i2D3,3D3. The molecule has 186 valence electrons. The minimum absolute atomic E-state index is 0.156. The summed E-state index contributed by atoms with van der Waals surface area (Å²) >= 11 is 0. The van der Waals surface area contributed by atoms with E-state index in [-0.39, 0.29) is 16.8 Å². The maximum absolute atomic E-state index is 13.3. The molecule has 8 nitrogen and oxygen atoms in total. The molecule has 0 aliphatic carbocycles. The van der Waals surface area contributed by atoms with Crippen molar-refractivity contribution in [1.29, 1.82) is 0 Å². The van der Waals surface area contributed by atoms with Gasteiger partial charge in [0.25, 0.3) is 11.8 Å². The van der Waals surface area contributed by atoms with E-state index in [0.717, 1.165) is 12.1 Å². The number of amides is 2. The SMILES string of the molecule is [2H]C([2H])([2H])NC(=O)c1n[nH]c2cc(-c3cnc(OC([2H])([2H])[2H])c(C(=O)N[C@@H](C)c4cccc(C(F)(F)F)c4)c3)ccc12. The highest BCUT2D eigenvalue weighted by molar-refractivity contribution is 6.05. The number of carbonyl (C=O) groups excluding carboxylic acids is 2. The number of nitrogens with zero attached hydrogens (tertiary/aromatic N) is 2. The molecule has 3 N–H and O–H groups in total. The smallest absolute Gasteiger partial charge is 0.416 e. The van der Waals surface area contributed by atoms with Crippen molar-refractivity contribution < 1.29 is 35.7 Å². The van der Waals surface area contributed by atoms with Gasteiger partial charge in [-0.3, -0.25) is 14.7 Å². The molecule has 0 aliphatic heterocycles. The molecule has 2 amide bonds. The van der Waals surface area contributed by atoms with Crippen LogP contribution in [0, 0.1) is 0 Å². The summed E-state index contributed by atoms with van der Waals surface area (Å²) in [5, 5.41) is 11.2. The fraction of sp³-hybridized carbons (Fsp3) is 0.200. The third kappa shape index (κ3) is 4.85. The first kappa shape index (κ1) is 17.9. The van der Waals surface area contributed by atoms with E-state index in [9.17, 15) is 22.8 Å². The Kier molecular flexibility index (Phi) is 4.83. The lowest BCUT2D eigenvalue weighted by atomic mass is 10.0. The van der Waals surface area contributed by atoms with Crippen molar-refractivity contribution >= 4 is 22.7 Å². The van der Waals surface area contributed by atoms with E-state index in [0.29, 0.717) is 22.0 Å². The molecule has 0 saturated heterocycles. The summed E-state index contributed by atoms with van der Waals surface area (Å²) in [5.41, 5.74) is -0.0967. The van der Waals surface area contributed by atoms with Gasteiger partial charge in [0.2, 0.25) is 5.88 Å². The summed E-state index contributed by atoms with van der Waals surface area (Å²) < 4.78 is 88.3. The number of methoxy groups -OCH3 is 1. The first-order valence-electron chi connectivity index (χ1n) is 13.4. The first-order valence-corrected chi connectivity index (χ1v) is 10.4. The van der Waals surface area contributed by atoms with Gasteiger partial charge in [0, 0.05) is 28.2 Å². The number of hydrogen-bond donors (Lipinski definition) is 3. The number of pyridine rings is 1. The van der Waals surface area contributed by atoms with E-state index in [4.69, 9.17) is 13.0 Å². The number of nitrogens with one attached hydrogen (secondary N) is 3. The quantitative estimate of drug-likeness (QED) is 0.359. The van der Waals surface area contributed by atoms with E-state index in [1.807, 2.05) is 5.32 Å². The summed E-state index contributed by atoms with van der Waals surface area (Å²) in [4.78, 5) is 29.6. The van der Waals surface area contributed by atoms with Gasteiger partial charge in [-0.15, -0.1) is 0 Å². The third-order valence-electron chi connectivity index (χ3n) is 5.48. The average molecular weight is 504 g/mol. The normalized spacial score (nSPS) is 15.4. The molecule has 0 aliphatic rings. The maximum Gasteiger partial charge on any atom is 0.416 e. The Hall–Kier alpha value is -4.41. The molecule has 2 aromatic heterocycles. The van der Waals surface area contributed by atoms with Crippen molar-refractivity contribution in [2.45, 2.75) is 19.1 Å². The van der Waals surface area contributed by atoms with E-state index in [1.54, 1.807) is 6.07 Å². The molecule has 4 aromatic rings. The predicted molar refractivity (Wildman–Crippen MR) is 127 cm³/mol. The number of aromatic amines is 1. The van der Waals surface area contributed by atoms with E-state index in [1.165, 1.54) is 43.5 Å². The third-order valence-corrected chi connectivity index (χ3v) is 5.48. The van der Waals surface area contributed by atoms with Crippen LogP contribution in [0.1, 0.15) is 53.2 Å². The molecule has 0 spiro atoms. The molecule has 1 atom stereocenters. The summed E-state index contributed by atoms with van der Waals surface area (Å²) in [5.74, 6) is -2.31. The van der Waals surface area contributed by atoms with E-state index < -0.39 is 49.5 Å². The van der Waals surface area contributed by atoms with Crippen molar-refractivity contribution in [2.75, 3.05) is 14.0 Å². The maximum atomic E-state index is 13.3. The van der Waals surface area contributed by atoms with Gasteiger partial charge in [-0.1, -0.05) is 18.2 Å². The number of fused-ring (bicyclic) bond motifs is 1. The second-order valence-electron chi connectivity index (χ2n) is 7.78. The monoisotopic (exact) mass is 503 g/mol. The van der Waals surface area contributed by atoms with Gasteiger partial charge in [0.05, 0.1) is 28.3 Å². The molecule has 4 rings (SSSR count). The van der Waals surface area contributed by atoms with Crippen molar-refractivity contribution in [3.63, 3.8) is 0 Å². The highest BCUT2D eigenvalue weighted by Gasteiger charge is 2.31. The number of alkyl halides is 3. The van der Waals surface area contributed by atoms with Gasteiger partial charge in [-0.25, -0.2) is 4.98 Å². The van der Waals surface area contributed by atoms with Crippen LogP contribution in [0.5, 0.6) is 5.88 Å². The Balaban J connectivity index is 1.67. The molecule has 0 unspecified atom stereocenters. The lowest BCUT2D eigenvalue weighted by Crippen LogP contribution is -2.27. The van der Waals surface area contributed by atoms with Crippen LogP contribution in [0.25, 0.3) is 22.0 Å². The Morgan fingerprint density at radius 3 is 2.69 bits per heavy atom. The zero-order valence-corrected chi connectivity index (χ0v) is 18.5. The molecule has 2 aromatic carbocycles. The van der Waals surface area contributed by atoms with Crippen LogP contribution >= 0.6 is 0 Å². The van der Waals surface area contributed by atoms with Crippen LogP contribution in [0.2, 0.25) is 0 Å². The Bertz CT molecular complexity index is 1650. The zero-order chi connectivity index (χ0) is 31.0. The van der Waals surface area contributed by atoms with Crippen molar-refractivity contribution in [3.05, 3.63) is 77.1 Å². The molecule has 0 fully saturated rings. The number of ether oxygens (including phenoxy) is 1. The number of H-pyrrole nitrogens is 1.